The predicted octanol–water partition coefficient (Wildman–Crippen LogP) is 7.15. The number of carbonyl (C=O) groups is 4. The number of likely N-dealkylation sites (N-methyl/N-ethyl adjacent to an activating group) is 1. The second kappa shape index (κ2) is 24.0. The minimum absolute atomic E-state index is 0.0121. The number of benzene rings is 2. The van der Waals surface area contributed by atoms with Crippen LogP contribution < -0.4 is 16.4 Å². The fraction of sp³-hybridized carbons (Fsp3) is 0.475. The van der Waals surface area contributed by atoms with Gasteiger partial charge in [0.2, 0.25) is 12.3 Å². The van der Waals surface area contributed by atoms with Gasteiger partial charge in [-0.15, -0.1) is 11.3 Å². The average molecular weight is 772 g/mol. The molecule has 1 aliphatic carbocycles. The molecule has 54 heavy (non-hydrogen) atoms. The largest absolute Gasteiger partial charge is 0.448 e. The molecule has 0 saturated carbocycles. The fourth-order valence-electron chi connectivity index (χ4n) is 6.00. The Kier molecular flexibility index (Phi) is 20.3. The van der Waals surface area contributed by atoms with Crippen LogP contribution in [0, 0.1) is 5.92 Å². The molecule has 4 N–H and O–H groups in total. The number of carbonyl (C=O) groups excluding carboxylic acids is 4. The summed E-state index contributed by atoms with van der Waals surface area (Å²) >= 11 is 1.44. The van der Waals surface area contributed by atoms with Gasteiger partial charge in [0.05, 0.1) is 26.3 Å². The van der Waals surface area contributed by atoms with Crippen LogP contribution in [0.25, 0.3) is 11.1 Å². The SMILES string of the molecule is CC.CCCCCCOC(=O)/N=C(/N)c1csc(CNC=O)c1.CNCC(=O)N1CC(COC)CC1C.O=Cc1ccc2c(c1)-c1ccccc1C2(F)F. The molecular weight excluding hydrogens is 717 g/mol. The number of methoxy groups -OCH3 is 1. The molecule has 0 radical (unpaired) electrons. The highest BCUT2D eigenvalue weighted by atomic mass is 32.1. The van der Waals surface area contributed by atoms with Crippen LogP contribution >= 0.6 is 11.3 Å². The van der Waals surface area contributed by atoms with Crippen molar-refractivity contribution >= 4 is 41.9 Å². The van der Waals surface area contributed by atoms with Crippen LogP contribution in [0.3, 0.4) is 0 Å². The van der Waals surface area contributed by atoms with Crippen LogP contribution in [0.1, 0.15) is 91.7 Å². The van der Waals surface area contributed by atoms with Crippen LogP contribution in [0.5, 0.6) is 0 Å². The number of amides is 3. The minimum Gasteiger partial charge on any atom is -0.448 e. The summed E-state index contributed by atoms with van der Waals surface area (Å²) in [5.74, 6) is -2.13. The van der Waals surface area contributed by atoms with Gasteiger partial charge in [0.15, 0.2) is 0 Å². The minimum atomic E-state index is -2.96. The van der Waals surface area contributed by atoms with Gasteiger partial charge in [0.25, 0.3) is 5.92 Å². The monoisotopic (exact) mass is 771 g/mol. The van der Waals surface area contributed by atoms with E-state index in [0.29, 0.717) is 66.6 Å². The predicted molar refractivity (Wildman–Crippen MR) is 210 cm³/mol. The second-order valence-electron chi connectivity index (χ2n) is 12.5. The van der Waals surface area contributed by atoms with Crippen molar-refractivity contribution in [3.8, 4) is 11.1 Å². The molecule has 2 unspecified atom stereocenters. The number of aliphatic imine (C=N–C) groups is 1. The standard InChI is InChI=1S/C14H8F2O.C14H21N3O3S.C10H20N2O2.C2H6/c15-14(16)12-4-2-1-3-10(12)11-7-9(8-17)5-6-13(11)14;1-2-3-4-5-6-20-14(19)17-13(15)11-7-12(21-9-11)8-16-10-18;1-8-4-9(7-14-3)6-12(8)10(13)5-11-2;1-2/h1-8H;7,9-10H,2-6,8H2,1H3,(H,16,18)(H2,15,17,19);8-9,11H,4-7H2,1-3H3;1-2H3. The van der Waals surface area contributed by atoms with Crippen molar-refractivity contribution in [3.63, 3.8) is 0 Å². The highest BCUT2D eigenvalue weighted by molar-refractivity contribution is 7.10. The first-order valence-electron chi connectivity index (χ1n) is 18.3. The van der Waals surface area contributed by atoms with Crippen LogP contribution in [0.15, 0.2) is 58.9 Å². The van der Waals surface area contributed by atoms with Gasteiger partial charge in [-0.1, -0.05) is 76.4 Å². The van der Waals surface area contributed by atoms with Gasteiger partial charge in [-0.25, -0.2) is 4.79 Å². The molecule has 1 saturated heterocycles. The molecule has 2 aromatic carbocycles. The number of hydrogen-bond donors (Lipinski definition) is 3. The number of halogens is 2. The molecule has 2 aliphatic rings. The molecular formula is C40H55F2N5O6S. The summed E-state index contributed by atoms with van der Waals surface area (Å²) in [5, 5.41) is 7.24. The van der Waals surface area contributed by atoms with E-state index in [-0.39, 0.29) is 22.9 Å². The lowest BCUT2D eigenvalue weighted by atomic mass is 10.0. The Morgan fingerprint density at radius 3 is 2.46 bits per heavy atom. The van der Waals surface area contributed by atoms with E-state index in [1.54, 1.807) is 43.8 Å². The number of nitrogens with one attached hydrogen (secondary N) is 2. The highest BCUT2D eigenvalue weighted by Gasteiger charge is 2.44. The number of alkyl halides is 2. The summed E-state index contributed by atoms with van der Waals surface area (Å²) < 4.78 is 38.3. The average Bonchev–Trinajstić information content (AvgIpc) is 3.87. The quantitative estimate of drug-likeness (QED) is 0.0677. The van der Waals surface area contributed by atoms with Gasteiger partial charge >= 0.3 is 6.09 Å². The van der Waals surface area contributed by atoms with Crippen LogP contribution in [0.4, 0.5) is 13.6 Å². The number of hydrogen-bond acceptors (Lipinski definition) is 8. The fourth-order valence-corrected chi connectivity index (χ4v) is 6.83. The summed E-state index contributed by atoms with van der Waals surface area (Å²) in [6, 6.07) is 12.8. The van der Waals surface area contributed by atoms with Crippen molar-refractivity contribution in [2.75, 3.05) is 40.5 Å². The zero-order valence-corrected chi connectivity index (χ0v) is 33.0. The Bertz CT molecular complexity index is 1670. The maximum Gasteiger partial charge on any atom is 0.435 e. The number of aldehydes is 1. The van der Waals surface area contributed by atoms with Crippen molar-refractivity contribution in [2.24, 2.45) is 16.6 Å². The highest BCUT2D eigenvalue weighted by Crippen LogP contribution is 2.50. The van der Waals surface area contributed by atoms with Crippen molar-refractivity contribution in [2.45, 2.75) is 78.3 Å². The van der Waals surface area contributed by atoms with Gasteiger partial charge in [0.1, 0.15) is 12.1 Å². The first-order valence-corrected chi connectivity index (χ1v) is 19.1. The lowest BCUT2D eigenvalue weighted by Crippen LogP contribution is -2.39. The first-order chi connectivity index (χ1) is 26.0. The van der Waals surface area contributed by atoms with Gasteiger partial charge in [-0.05, 0) is 50.1 Å². The molecule has 5 rings (SSSR count). The Morgan fingerprint density at radius 2 is 1.80 bits per heavy atom. The van der Waals surface area contributed by atoms with Crippen molar-refractivity contribution < 1.29 is 37.4 Å². The van der Waals surface area contributed by atoms with E-state index in [2.05, 4.69) is 29.5 Å². The van der Waals surface area contributed by atoms with E-state index in [1.165, 1.54) is 35.6 Å². The Morgan fingerprint density at radius 1 is 1.07 bits per heavy atom. The maximum absolute atomic E-state index is 14.1. The number of fused-ring (bicyclic) bond motifs is 3. The van der Waals surface area contributed by atoms with E-state index in [4.69, 9.17) is 15.2 Å². The number of nitrogens with zero attached hydrogens (tertiary/aromatic N) is 2. The number of thiophene rings is 1. The van der Waals surface area contributed by atoms with E-state index < -0.39 is 12.0 Å². The smallest absolute Gasteiger partial charge is 0.435 e. The molecule has 1 fully saturated rings. The summed E-state index contributed by atoms with van der Waals surface area (Å²) in [5.41, 5.74) is 7.78. The normalized spacial score (nSPS) is 16.2. The maximum atomic E-state index is 14.1. The van der Waals surface area contributed by atoms with Gasteiger partial charge in [-0.3, -0.25) is 14.4 Å². The van der Waals surface area contributed by atoms with Crippen LogP contribution in [0.2, 0.25) is 0 Å². The molecule has 2 heterocycles. The number of rotatable bonds is 14. The number of amidine groups is 1. The number of nitrogens with two attached hydrogens (primary N) is 1. The van der Waals surface area contributed by atoms with Crippen LogP contribution in [-0.2, 0) is 31.5 Å². The van der Waals surface area contributed by atoms with Crippen molar-refractivity contribution in [1.29, 1.82) is 0 Å². The van der Waals surface area contributed by atoms with E-state index in [1.807, 2.05) is 18.7 Å². The molecule has 1 aromatic heterocycles. The third kappa shape index (κ3) is 13.4. The second-order valence-corrected chi connectivity index (χ2v) is 13.5. The van der Waals surface area contributed by atoms with Crippen molar-refractivity contribution in [3.05, 3.63) is 81.0 Å². The van der Waals surface area contributed by atoms with Crippen molar-refractivity contribution in [1.82, 2.24) is 15.5 Å². The molecule has 14 heteroatoms. The molecule has 2 atom stereocenters. The molecule has 3 amide bonds. The summed E-state index contributed by atoms with van der Waals surface area (Å²) in [4.78, 5) is 50.6. The zero-order chi connectivity index (χ0) is 40.1. The molecule has 1 aliphatic heterocycles. The summed E-state index contributed by atoms with van der Waals surface area (Å²) in [6.07, 6.45) is 5.85. The summed E-state index contributed by atoms with van der Waals surface area (Å²) in [6.45, 7) is 11.1. The van der Waals surface area contributed by atoms with Gasteiger partial charge < -0.3 is 30.7 Å². The van der Waals surface area contributed by atoms with E-state index in [0.717, 1.165) is 50.1 Å². The van der Waals surface area contributed by atoms with Gasteiger partial charge in [0, 0.05) is 58.1 Å². The lowest BCUT2D eigenvalue weighted by molar-refractivity contribution is -0.130. The Hall–Kier alpha value is -4.53. The molecule has 11 nitrogen and oxygen atoms in total. The van der Waals surface area contributed by atoms with Crippen LogP contribution in [-0.4, -0.2) is 81.9 Å². The Balaban J connectivity index is 0.000000279. The lowest BCUT2D eigenvalue weighted by Gasteiger charge is -2.21. The van der Waals surface area contributed by atoms with E-state index >= 15 is 0 Å². The topological polar surface area (TPSA) is 152 Å². The third-order valence-electron chi connectivity index (χ3n) is 8.53. The Labute approximate surface area is 321 Å². The van der Waals surface area contributed by atoms with E-state index in [9.17, 15) is 28.0 Å². The molecule has 0 bridgehead atoms. The molecule has 3 aromatic rings. The zero-order valence-electron chi connectivity index (χ0n) is 32.2. The first kappa shape index (κ1) is 45.6. The molecule has 296 valence electrons. The van der Waals surface area contributed by atoms with Gasteiger partial charge in [-0.2, -0.15) is 13.8 Å². The summed E-state index contributed by atoms with van der Waals surface area (Å²) in [7, 11) is 3.51. The number of ether oxygens (including phenoxy) is 2. The third-order valence-corrected chi connectivity index (χ3v) is 9.47. The number of likely N-dealkylation sites (tertiary alicyclic amines) is 1. The molecule has 0 spiro atoms. The number of unbranched alkanes of at least 4 members (excludes halogenated alkanes) is 3.